The molecule has 0 unspecified atom stereocenters. The van der Waals surface area contributed by atoms with Gasteiger partial charge in [-0.3, -0.25) is 5.10 Å². The number of hydrogen-bond donors (Lipinski definition) is 2. The molecular weight excluding hydrogens is 262 g/mol. The molecule has 0 atom stereocenters. The number of rotatable bonds is 5. The normalized spacial score (nSPS) is 10.6. The van der Waals surface area contributed by atoms with Gasteiger partial charge in [0.15, 0.2) is 5.13 Å². The molecule has 0 saturated carbocycles. The van der Waals surface area contributed by atoms with Crippen LogP contribution < -0.4 is 15.0 Å². The first-order valence-electron chi connectivity index (χ1n) is 5.99. The lowest BCUT2D eigenvalue weighted by Crippen LogP contribution is -2.07. The molecule has 2 heterocycles. The molecule has 19 heavy (non-hydrogen) atoms. The maximum atomic E-state index is 5.32. The lowest BCUT2D eigenvalue weighted by molar-refractivity contribution is 0.397. The summed E-state index contributed by atoms with van der Waals surface area (Å²) in [5, 5.41) is 11.4. The molecular formula is C12H19N5OS. The van der Waals surface area contributed by atoms with Crippen molar-refractivity contribution >= 4 is 22.2 Å². The van der Waals surface area contributed by atoms with Crippen LogP contribution in [0.3, 0.4) is 0 Å². The van der Waals surface area contributed by atoms with Crippen LogP contribution in [0.25, 0.3) is 0 Å². The van der Waals surface area contributed by atoms with Gasteiger partial charge in [0.25, 0.3) is 0 Å². The van der Waals surface area contributed by atoms with Gasteiger partial charge in [-0.1, -0.05) is 11.3 Å². The number of H-pyrrole nitrogens is 1. The van der Waals surface area contributed by atoms with Crippen molar-refractivity contribution in [2.45, 2.75) is 20.4 Å². The SMILES string of the molecule is COc1nc(N(C)C)sc1CNc1c(C)n[nH]c1C. The fraction of sp³-hybridized carbons (Fsp3) is 0.500. The van der Waals surface area contributed by atoms with E-state index < -0.39 is 0 Å². The van der Waals surface area contributed by atoms with Crippen molar-refractivity contribution in [2.24, 2.45) is 0 Å². The zero-order chi connectivity index (χ0) is 14.0. The molecule has 2 aromatic heterocycles. The summed E-state index contributed by atoms with van der Waals surface area (Å²) in [6.07, 6.45) is 0. The molecule has 0 radical (unpaired) electrons. The van der Waals surface area contributed by atoms with E-state index >= 15 is 0 Å². The minimum absolute atomic E-state index is 0.676. The molecule has 0 spiro atoms. The molecule has 2 rings (SSSR count). The number of ether oxygens (including phenoxy) is 1. The first-order valence-corrected chi connectivity index (χ1v) is 6.81. The van der Waals surface area contributed by atoms with Crippen LogP contribution in [-0.2, 0) is 6.54 Å². The van der Waals surface area contributed by atoms with E-state index in [0.29, 0.717) is 12.4 Å². The molecule has 6 nitrogen and oxygen atoms in total. The zero-order valence-corrected chi connectivity index (χ0v) is 12.7. The van der Waals surface area contributed by atoms with Crippen LogP contribution in [-0.4, -0.2) is 36.4 Å². The van der Waals surface area contributed by atoms with E-state index in [9.17, 15) is 0 Å². The van der Waals surface area contributed by atoms with Gasteiger partial charge in [0.1, 0.15) is 0 Å². The average molecular weight is 281 g/mol. The second kappa shape index (κ2) is 5.48. The molecule has 0 aliphatic rings. The Morgan fingerprint density at radius 2 is 2.11 bits per heavy atom. The van der Waals surface area contributed by atoms with Gasteiger partial charge in [0.05, 0.1) is 35.6 Å². The van der Waals surface area contributed by atoms with E-state index in [-0.39, 0.29) is 0 Å². The summed E-state index contributed by atoms with van der Waals surface area (Å²) in [4.78, 5) is 7.48. The summed E-state index contributed by atoms with van der Waals surface area (Å²) in [6.45, 7) is 4.65. The van der Waals surface area contributed by atoms with E-state index in [1.807, 2.05) is 32.8 Å². The molecule has 0 aliphatic heterocycles. The lowest BCUT2D eigenvalue weighted by atomic mass is 10.3. The van der Waals surface area contributed by atoms with Crippen LogP contribution >= 0.6 is 11.3 Å². The van der Waals surface area contributed by atoms with Crippen LogP contribution in [0.1, 0.15) is 16.3 Å². The molecule has 2 aromatic rings. The lowest BCUT2D eigenvalue weighted by Gasteiger charge is -2.06. The highest BCUT2D eigenvalue weighted by atomic mass is 32.1. The molecule has 0 fully saturated rings. The standard InChI is InChI=1S/C12H19N5OS/c1-7-10(8(2)16-15-7)13-6-9-11(18-5)14-12(19-9)17(3)4/h13H,6H2,1-5H3,(H,15,16). The number of nitrogens with one attached hydrogen (secondary N) is 2. The molecule has 2 N–H and O–H groups in total. The van der Waals surface area contributed by atoms with Gasteiger partial charge in [0, 0.05) is 14.1 Å². The number of aryl methyl sites for hydroxylation is 2. The van der Waals surface area contributed by atoms with Crippen LogP contribution in [0.2, 0.25) is 0 Å². The summed E-state index contributed by atoms with van der Waals surface area (Å²) < 4.78 is 5.32. The van der Waals surface area contributed by atoms with Gasteiger partial charge < -0.3 is 15.0 Å². The first-order chi connectivity index (χ1) is 9.02. The number of hydrogen-bond acceptors (Lipinski definition) is 6. The minimum Gasteiger partial charge on any atom is -0.480 e. The van der Waals surface area contributed by atoms with E-state index in [0.717, 1.165) is 27.1 Å². The third kappa shape index (κ3) is 2.81. The Kier molecular flexibility index (Phi) is 3.94. The molecule has 104 valence electrons. The predicted octanol–water partition coefficient (Wildman–Crippen LogP) is 2.17. The highest BCUT2D eigenvalue weighted by molar-refractivity contribution is 7.15. The van der Waals surface area contributed by atoms with Crippen molar-refractivity contribution in [3.63, 3.8) is 0 Å². The van der Waals surface area contributed by atoms with Gasteiger partial charge in [-0.25, -0.2) is 0 Å². The van der Waals surface area contributed by atoms with Crippen molar-refractivity contribution in [3.8, 4) is 5.88 Å². The number of methoxy groups -OCH3 is 1. The smallest absolute Gasteiger partial charge is 0.231 e. The van der Waals surface area contributed by atoms with Gasteiger partial charge in [-0.15, -0.1) is 0 Å². The molecule has 0 bridgehead atoms. The number of aromatic nitrogens is 3. The second-order valence-electron chi connectivity index (χ2n) is 4.49. The Balaban J connectivity index is 2.15. The summed E-state index contributed by atoms with van der Waals surface area (Å²) >= 11 is 1.62. The Labute approximate surface area is 116 Å². The Bertz CT molecular complexity index is 541. The Hall–Kier alpha value is -1.76. The number of nitrogens with zero attached hydrogens (tertiary/aromatic N) is 3. The number of aromatic amines is 1. The van der Waals surface area contributed by atoms with Crippen LogP contribution in [0.5, 0.6) is 5.88 Å². The van der Waals surface area contributed by atoms with Crippen molar-refractivity contribution in [3.05, 3.63) is 16.3 Å². The average Bonchev–Trinajstić information content (AvgIpc) is 2.92. The second-order valence-corrected chi connectivity index (χ2v) is 5.55. The molecule has 7 heteroatoms. The number of anilines is 2. The first kappa shape index (κ1) is 13.7. The van der Waals surface area contributed by atoms with E-state index in [2.05, 4.69) is 20.5 Å². The fourth-order valence-electron chi connectivity index (χ4n) is 1.77. The molecule has 0 aliphatic carbocycles. The quantitative estimate of drug-likeness (QED) is 0.879. The van der Waals surface area contributed by atoms with Crippen molar-refractivity contribution < 1.29 is 4.74 Å². The molecule has 0 saturated heterocycles. The number of thiazole rings is 1. The topological polar surface area (TPSA) is 66.1 Å². The summed E-state index contributed by atoms with van der Waals surface area (Å²) in [6, 6.07) is 0. The van der Waals surface area contributed by atoms with Gasteiger partial charge >= 0.3 is 0 Å². The van der Waals surface area contributed by atoms with Gasteiger partial charge in [-0.2, -0.15) is 10.1 Å². The maximum Gasteiger partial charge on any atom is 0.231 e. The van der Waals surface area contributed by atoms with E-state index in [4.69, 9.17) is 4.74 Å². The highest BCUT2D eigenvalue weighted by Crippen LogP contribution is 2.31. The third-order valence-corrected chi connectivity index (χ3v) is 3.98. The predicted molar refractivity (Wildman–Crippen MR) is 78.4 cm³/mol. The van der Waals surface area contributed by atoms with E-state index in [1.165, 1.54) is 0 Å². The summed E-state index contributed by atoms with van der Waals surface area (Å²) in [5.74, 6) is 0.681. The summed E-state index contributed by atoms with van der Waals surface area (Å²) in [7, 11) is 5.59. The molecule has 0 aromatic carbocycles. The molecule has 0 amide bonds. The van der Waals surface area contributed by atoms with Crippen LogP contribution in [0.15, 0.2) is 0 Å². The third-order valence-electron chi connectivity index (χ3n) is 2.78. The van der Waals surface area contributed by atoms with Crippen LogP contribution in [0, 0.1) is 13.8 Å². The minimum atomic E-state index is 0.676. The van der Waals surface area contributed by atoms with Crippen molar-refractivity contribution in [1.29, 1.82) is 0 Å². The van der Waals surface area contributed by atoms with Crippen LogP contribution in [0.4, 0.5) is 10.8 Å². The largest absolute Gasteiger partial charge is 0.480 e. The Morgan fingerprint density at radius 1 is 1.37 bits per heavy atom. The van der Waals surface area contributed by atoms with Gasteiger partial charge in [0.2, 0.25) is 5.88 Å². The maximum absolute atomic E-state index is 5.32. The van der Waals surface area contributed by atoms with Crippen molar-refractivity contribution in [2.75, 3.05) is 31.4 Å². The zero-order valence-electron chi connectivity index (χ0n) is 11.9. The Morgan fingerprint density at radius 3 is 2.63 bits per heavy atom. The highest BCUT2D eigenvalue weighted by Gasteiger charge is 2.14. The van der Waals surface area contributed by atoms with Crippen molar-refractivity contribution in [1.82, 2.24) is 15.2 Å². The summed E-state index contributed by atoms with van der Waals surface area (Å²) in [5.41, 5.74) is 3.05. The fourth-order valence-corrected chi connectivity index (χ4v) is 2.66. The van der Waals surface area contributed by atoms with E-state index in [1.54, 1.807) is 18.4 Å². The monoisotopic (exact) mass is 281 g/mol. The van der Waals surface area contributed by atoms with Gasteiger partial charge in [-0.05, 0) is 13.8 Å².